The van der Waals surface area contributed by atoms with Crippen molar-refractivity contribution in [2.24, 2.45) is 0 Å². The molecule has 2 aromatic rings. The Kier molecular flexibility index (Phi) is 4.75. The van der Waals surface area contributed by atoms with E-state index >= 15 is 0 Å². The molecule has 1 aromatic carbocycles. The second-order valence-electron chi connectivity index (χ2n) is 4.90. The van der Waals surface area contributed by atoms with E-state index in [2.05, 4.69) is 20.6 Å². The Balaban J connectivity index is 2.52. The van der Waals surface area contributed by atoms with Crippen molar-refractivity contribution < 1.29 is 26.6 Å². The van der Waals surface area contributed by atoms with Gasteiger partial charge in [0.1, 0.15) is 0 Å². The number of nitrogens with zero attached hydrogens (tertiary/aromatic N) is 3. The van der Waals surface area contributed by atoms with Crippen molar-refractivity contribution in [2.75, 3.05) is 5.75 Å². The van der Waals surface area contributed by atoms with E-state index in [4.69, 9.17) is 5.02 Å². The van der Waals surface area contributed by atoms with E-state index in [0.29, 0.717) is 6.07 Å². The number of sulfone groups is 1. The molecule has 0 saturated carbocycles. The number of rotatable bonds is 5. The fourth-order valence-electron chi connectivity index (χ4n) is 1.88. The third-order valence-corrected chi connectivity index (χ3v) is 4.83. The van der Waals surface area contributed by atoms with Gasteiger partial charge in [-0.2, -0.15) is 18.4 Å². The van der Waals surface area contributed by atoms with E-state index in [-0.39, 0.29) is 17.7 Å². The number of tetrazole rings is 1. The number of aromatic amines is 1. The van der Waals surface area contributed by atoms with Crippen LogP contribution in [0, 0.1) is 0 Å². The van der Waals surface area contributed by atoms with Crippen LogP contribution in [-0.2, 0) is 16.0 Å². The lowest BCUT2D eigenvalue weighted by atomic mass is 9.69. The van der Waals surface area contributed by atoms with Gasteiger partial charge in [-0.15, -0.1) is 10.2 Å². The average Bonchev–Trinajstić information content (AvgIpc) is 2.98. The molecule has 0 amide bonds. The molecule has 0 aliphatic heterocycles. The minimum Gasteiger partial charge on any atom is -0.451 e. The standard InChI is InChI=1S/C11H12BF3N4O3S/c1-12(20)4-5-23(21,22)9-3-2-7(10-16-18-19-17-10)6-8(9)11(13,14)15/h2-3,6,20H,4-5H2,1H3,(H,16,17,18,19). The fourth-order valence-corrected chi connectivity index (χ4v) is 3.54. The summed E-state index contributed by atoms with van der Waals surface area (Å²) in [5, 5.41) is 21.6. The molecule has 0 radical (unpaired) electrons. The number of hydrogen-bond donors (Lipinski definition) is 2. The largest absolute Gasteiger partial charge is 0.451 e. The van der Waals surface area contributed by atoms with E-state index < -0.39 is 39.1 Å². The predicted molar refractivity (Wildman–Crippen MR) is 75.3 cm³/mol. The highest BCUT2D eigenvalue weighted by Gasteiger charge is 2.37. The highest BCUT2D eigenvalue weighted by molar-refractivity contribution is 7.91. The molecular weight excluding hydrogens is 336 g/mol. The molecular formula is C11H12BF3N4O3S. The lowest BCUT2D eigenvalue weighted by Gasteiger charge is -2.14. The Labute approximate surface area is 129 Å². The quantitative estimate of drug-likeness (QED) is 0.788. The molecule has 1 heterocycles. The Hall–Kier alpha value is -1.95. The van der Waals surface area contributed by atoms with Crippen molar-refractivity contribution in [2.45, 2.75) is 24.2 Å². The summed E-state index contributed by atoms with van der Waals surface area (Å²) >= 11 is 0. The average molecular weight is 348 g/mol. The van der Waals surface area contributed by atoms with Crippen molar-refractivity contribution in [3.63, 3.8) is 0 Å². The molecule has 0 spiro atoms. The zero-order valence-electron chi connectivity index (χ0n) is 11.9. The van der Waals surface area contributed by atoms with Crippen LogP contribution >= 0.6 is 0 Å². The second kappa shape index (κ2) is 6.28. The van der Waals surface area contributed by atoms with Gasteiger partial charge in [0.2, 0.25) is 5.82 Å². The third kappa shape index (κ3) is 4.07. The summed E-state index contributed by atoms with van der Waals surface area (Å²) in [7, 11) is -4.20. The van der Waals surface area contributed by atoms with E-state index in [1.54, 1.807) is 0 Å². The van der Waals surface area contributed by atoms with Gasteiger partial charge in [-0.05, 0) is 29.7 Å². The molecule has 124 valence electrons. The second-order valence-corrected chi connectivity index (χ2v) is 6.98. The first-order chi connectivity index (χ1) is 10.6. The summed E-state index contributed by atoms with van der Waals surface area (Å²) in [5.74, 6) is -0.668. The predicted octanol–water partition coefficient (Wildman–Crippen LogP) is 1.27. The van der Waals surface area contributed by atoms with Crippen molar-refractivity contribution in [3.05, 3.63) is 23.8 Å². The zero-order valence-corrected chi connectivity index (χ0v) is 12.7. The van der Waals surface area contributed by atoms with E-state index in [0.717, 1.165) is 6.07 Å². The molecule has 0 atom stereocenters. The molecule has 0 unspecified atom stereocenters. The highest BCUT2D eigenvalue weighted by atomic mass is 32.2. The first-order valence-corrected chi connectivity index (χ1v) is 8.12. The van der Waals surface area contributed by atoms with Gasteiger partial charge in [0, 0.05) is 5.56 Å². The van der Waals surface area contributed by atoms with Crippen LogP contribution in [-0.4, -0.2) is 46.7 Å². The number of alkyl halides is 3. The molecule has 0 saturated heterocycles. The lowest BCUT2D eigenvalue weighted by molar-refractivity contribution is -0.139. The molecule has 0 aliphatic rings. The Bertz CT molecular complexity index is 778. The Morgan fingerprint density at radius 3 is 2.57 bits per heavy atom. The SMILES string of the molecule is CB(O)CCS(=O)(=O)c1ccc(-c2nn[nH]n2)cc1C(F)(F)F. The molecule has 0 fully saturated rings. The smallest absolute Gasteiger partial charge is 0.417 e. The van der Waals surface area contributed by atoms with Gasteiger partial charge in [-0.3, -0.25) is 0 Å². The van der Waals surface area contributed by atoms with Crippen LogP contribution in [0.25, 0.3) is 11.4 Å². The molecule has 1 aromatic heterocycles. The maximum atomic E-state index is 13.2. The van der Waals surface area contributed by atoms with E-state index in [1.165, 1.54) is 12.9 Å². The summed E-state index contributed by atoms with van der Waals surface area (Å²) in [6.07, 6.45) is -5.03. The van der Waals surface area contributed by atoms with Crippen LogP contribution in [0.3, 0.4) is 0 Å². The third-order valence-electron chi connectivity index (χ3n) is 3.03. The zero-order chi connectivity index (χ0) is 17.3. The normalized spacial score (nSPS) is 12.4. The van der Waals surface area contributed by atoms with Crippen LogP contribution in [0.15, 0.2) is 23.1 Å². The Morgan fingerprint density at radius 2 is 2.04 bits per heavy atom. The highest BCUT2D eigenvalue weighted by Crippen LogP contribution is 2.36. The minimum atomic E-state index is -4.87. The van der Waals surface area contributed by atoms with E-state index in [1.807, 2.05) is 0 Å². The van der Waals surface area contributed by atoms with Crippen molar-refractivity contribution in [1.29, 1.82) is 0 Å². The molecule has 2 N–H and O–H groups in total. The number of H-pyrrole nitrogens is 1. The lowest BCUT2D eigenvalue weighted by Crippen LogP contribution is -2.18. The first kappa shape index (κ1) is 17.4. The summed E-state index contributed by atoms with van der Waals surface area (Å²) in [4.78, 5) is -0.835. The van der Waals surface area contributed by atoms with Crippen molar-refractivity contribution in [3.8, 4) is 11.4 Å². The molecule has 2 rings (SSSR count). The minimum absolute atomic E-state index is 0.0134. The number of aromatic nitrogens is 4. The summed E-state index contributed by atoms with van der Waals surface area (Å²) < 4.78 is 63.9. The maximum absolute atomic E-state index is 13.2. The van der Waals surface area contributed by atoms with Gasteiger partial charge >= 0.3 is 6.18 Å². The number of nitrogens with one attached hydrogen (secondary N) is 1. The fraction of sp³-hybridized carbons (Fsp3) is 0.364. The van der Waals surface area contributed by atoms with Gasteiger partial charge in [0.25, 0.3) is 6.92 Å². The number of hydrogen-bond acceptors (Lipinski definition) is 6. The first-order valence-electron chi connectivity index (χ1n) is 6.47. The topological polar surface area (TPSA) is 109 Å². The van der Waals surface area contributed by atoms with Crippen molar-refractivity contribution >= 4 is 16.8 Å². The summed E-state index contributed by atoms with van der Waals surface area (Å²) in [6.45, 7) is 0.428. The van der Waals surface area contributed by atoms with Crippen LogP contribution in [0.5, 0.6) is 0 Å². The molecule has 23 heavy (non-hydrogen) atoms. The molecule has 7 nitrogen and oxygen atoms in total. The van der Waals surface area contributed by atoms with Crippen LogP contribution in [0.4, 0.5) is 13.2 Å². The molecule has 0 aliphatic carbocycles. The summed E-state index contributed by atoms with van der Waals surface area (Å²) in [5.41, 5.74) is -1.31. The van der Waals surface area contributed by atoms with Gasteiger partial charge in [-0.25, -0.2) is 8.42 Å². The van der Waals surface area contributed by atoms with Gasteiger partial charge in [0.05, 0.1) is 16.2 Å². The van der Waals surface area contributed by atoms with Gasteiger partial charge in [-0.1, -0.05) is 6.82 Å². The van der Waals surface area contributed by atoms with E-state index in [9.17, 15) is 21.6 Å². The molecule has 0 bridgehead atoms. The maximum Gasteiger partial charge on any atom is 0.417 e. The number of halogens is 3. The van der Waals surface area contributed by atoms with Crippen LogP contribution < -0.4 is 0 Å². The van der Waals surface area contributed by atoms with Gasteiger partial charge in [0.15, 0.2) is 9.84 Å². The van der Waals surface area contributed by atoms with Crippen LogP contribution in [0.1, 0.15) is 5.56 Å². The Morgan fingerprint density at radius 1 is 1.35 bits per heavy atom. The number of benzene rings is 1. The van der Waals surface area contributed by atoms with Crippen LogP contribution in [0.2, 0.25) is 13.1 Å². The van der Waals surface area contributed by atoms with Gasteiger partial charge < -0.3 is 5.02 Å². The monoisotopic (exact) mass is 348 g/mol. The molecule has 12 heteroatoms. The summed E-state index contributed by atoms with van der Waals surface area (Å²) in [6, 6.07) is 2.71. The van der Waals surface area contributed by atoms with Crippen molar-refractivity contribution in [1.82, 2.24) is 20.6 Å².